The number of hydrogen-bond acceptors (Lipinski definition) is 4. The van der Waals surface area contributed by atoms with Crippen LogP contribution in [0.3, 0.4) is 0 Å². The zero-order valence-corrected chi connectivity index (χ0v) is 17.0. The normalized spacial score (nSPS) is 11.7. The molecule has 0 aliphatic carbocycles. The molecule has 0 heterocycles. The van der Waals surface area contributed by atoms with Crippen molar-refractivity contribution in [1.82, 2.24) is 4.83 Å². The maximum absolute atomic E-state index is 12.4. The predicted octanol–water partition coefficient (Wildman–Crippen LogP) is 4.29. The zero-order valence-electron chi connectivity index (χ0n) is 15.5. The number of anilines is 1. The van der Waals surface area contributed by atoms with Crippen molar-refractivity contribution in [2.24, 2.45) is 5.10 Å². The van der Waals surface area contributed by atoms with Crippen LogP contribution >= 0.6 is 11.6 Å². The summed E-state index contributed by atoms with van der Waals surface area (Å²) in [6.07, 6.45) is 0. The average molecular weight is 428 g/mol. The highest BCUT2D eigenvalue weighted by Crippen LogP contribution is 2.16. The van der Waals surface area contributed by atoms with Crippen LogP contribution in [0.15, 0.2) is 88.9 Å². The average Bonchev–Trinajstić information content (AvgIpc) is 2.73. The molecule has 148 valence electrons. The molecule has 0 aliphatic heterocycles. The number of nitrogens with zero attached hydrogens (tertiary/aromatic N) is 1. The van der Waals surface area contributed by atoms with E-state index in [2.05, 4.69) is 15.2 Å². The minimum atomic E-state index is -3.75. The first-order chi connectivity index (χ1) is 13.8. The van der Waals surface area contributed by atoms with Crippen LogP contribution in [0.5, 0.6) is 0 Å². The van der Waals surface area contributed by atoms with E-state index in [9.17, 15) is 13.2 Å². The van der Waals surface area contributed by atoms with Crippen LogP contribution in [0.2, 0.25) is 5.02 Å². The van der Waals surface area contributed by atoms with Crippen molar-refractivity contribution in [3.63, 3.8) is 0 Å². The van der Waals surface area contributed by atoms with Gasteiger partial charge in [-0.15, -0.1) is 0 Å². The molecule has 0 unspecified atom stereocenters. The van der Waals surface area contributed by atoms with E-state index in [0.29, 0.717) is 27.5 Å². The van der Waals surface area contributed by atoms with E-state index >= 15 is 0 Å². The van der Waals surface area contributed by atoms with Crippen molar-refractivity contribution >= 4 is 38.9 Å². The van der Waals surface area contributed by atoms with Crippen molar-refractivity contribution in [2.45, 2.75) is 11.8 Å². The van der Waals surface area contributed by atoms with Crippen molar-refractivity contribution in [3.05, 3.63) is 95.0 Å². The van der Waals surface area contributed by atoms with Crippen LogP contribution in [0.4, 0.5) is 5.69 Å². The van der Waals surface area contributed by atoms with Gasteiger partial charge in [-0.25, -0.2) is 0 Å². The first-order valence-corrected chi connectivity index (χ1v) is 10.5. The third-order valence-corrected chi connectivity index (χ3v) is 5.47. The lowest BCUT2D eigenvalue weighted by atomic mass is 10.1. The highest BCUT2D eigenvalue weighted by molar-refractivity contribution is 7.89. The first-order valence-electron chi connectivity index (χ1n) is 8.64. The molecule has 3 rings (SSSR count). The molecule has 29 heavy (non-hydrogen) atoms. The fraction of sp³-hybridized carbons (Fsp3) is 0.0476. The topological polar surface area (TPSA) is 87.6 Å². The molecule has 0 radical (unpaired) electrons. The molecular formula is C21H18ClN3O3S. The smallest absolute Gasteiger partial charge is 0.276 e. The van der Waals surface area contributed by atoms with Crippen LogP contribution in [0.1, 0.15) is 22.8 Å². The second-order valence-corrected chi connectivity index (χ2v) is 8.25. The second-order valence-electron chi connectivity index (χ2n) is 6.15. The van der Waals surface area contributed by atoms with Gasteiger partial charge in [-0.2, -0.15) is 18.4 Å². The van der Waals surface area contributed by atoms with Gasteiger partial charge in [0.2, 0.25) is 0 Å². The number of hydrazone groups is 1. The summed E-state index contributed by atoms with van der Waals surface area (Å²) in [6.45, 7) is 1.67. The molecule has 3 aromatic rings. The van der Waals surface area contributed by atoms with E-state index < -0.39 is 10.0 Å². The summed E-state index contributed by atoms with van der Waals surface area (Å²) in [5, 5.41) is 7.24. The Hall–Kier alpha value is -3.16. The van der Waals surface area contributed by atoms with Crippen LogP contribution in [0.25, 0.3) is 0 Å². The number of amides is 1. The van der Waals surface area contributed by atoms with Crippen LogP contribution in [-0.4, -0.2) is 20.0 Å². The Morgan fingerprint density at radius 2 is 1.59 bits per heavy atom. The monoisotopic (exact) mass is 427 g/mol. The molecule has 8 heteroatoms. The van der Waals surface area contributed by atoms with Gasteiger partial charge in [0.25, 0.3) is 15.9 Å². The maximum atomic E-state index is 12.4. The summed E-state index contributed by atoms with van der Waals surface area (Å²) in [4.78, 5) is 14.7. The van der Waals surface area contributed by atoms with Gasteiger partial charge in [-0.05, 0) is 55.0 Å². The summed E-state index contributed by atoms with van der Waals surface area (Å²) < 4.78 is 24.6. The summed E-state index contributed by atoms with van der Waals surface area (Å²) in [6, 6.07) is 21.5. The maximum Gasteiger partial charge on any atom is 0.276 e. The van der Waals surface area contributed by atoms with E-state index in [1.807, 2.05) is 0 Å². The van der Waals surface area contributed by atoms with Crippen LogP contribution < -0.4 is 10.1 Å². The first kappa shape index (κ1) is 20.6. The minimum absolute atomic E-state index is 0.124. The number of rotatable bonds is 6. The van der Waals surface area contributed by atoms with Crippen molar-refractivity contribution < 1.29 is 13.2 Å². The predicted molar refractivity (Wildman–Crippen MR) is 115 cm³/mol. The molecule has 0 spiro atoms. The molecule has 3 aromatic carbocycles. The Bertz CT molecular complexity index is 1160. The molecule has 0 atom stereocenters. The van der Waals surface area contributed by atoms with Crippen LogP contribution in [-0.2, 0) is 10.0 Å². The molecule has 2 N–H and O–H groups in total. The van der Waals surface area contributed by atoms with Gasteiger partial charge < -0.3 is 5.32 Å². The van der Waals surface area contributed by atoms with E-state index in [-0.39, 0.29) is 10.8 Å². The van der Waals surface area contributed by atoms with Gasteiger partial charge in [-0.3, -0.25) is 4.79 Å². The number of benzene rings is 3. The highest BCUT2D eigenvalue weighted by Gasteiger charge is 2.12. The number of nitrogens with one attached hydrogen (secondary N) is 2. The Balaban J connectivity index is 1.74. The van der Waals surface area contributed by atoms with Crippen molar-refractivity contribution in [3.8, 4) is 0 Å². The SMILES string of the molecule is CC(=NNS(=O)(=O)c1ccccc1)c1cccc(NC(=O)c2cccc(Cl)c2)c1. The lowest BCUT2D eigenvalue weighted by Gasteiger charge is -2.09. The van der Waals surface area contributed by atoms with Gasteiger partial charge in [0.05, 0.1) is 10.6 Å². The third kappa shape index (κ3) is 5.43. The molecule has 0 aromatic heterocycles. The Kier molecular flexibility index (Phi) is 6.31. The Morgan fingerprint density at radius 1 is 0.897 bits per heavy atom. The zero-order chi connectivity index (χ0) is 20.9. The molecule has 0 fully saturated rings. The molecular weight excluding hydrogens is 410 g/mol. The number of halogens is 1. The highest BCUT2D eigenvalue weighted by atomic mass is 35.5. The summed E-state index contributed by atoms with van der Waals surface area (Å²) in [7, 11) is -3.75. The lowest BCUT2D eigenvalue weighted by molar-refractivity contribution is 0.102. The van der Waals surface area contributed by atoms with Gasteiger partial charge >= 0.3 is 0 Å². The Morgan fingerprint density at radius 3 is 2.31 bits per heavy atom. The largest absolute Gasteiger partial charge is 0.322 e. The van der Waals surface area contributed by atoms with E-state index in [1.54, 1.807) is 73.7 Å². The van der Waals surface area contributed by atoms with Crippen molar-refractivity contribution in [1.29, 1.82) is 0 Å². The quantitative estimate of drug-likeness (QED) is 0.454. The molecule has 6 nitrogen and oxygen atoms in total. The van der Waals surface area contributed by atoms with Crippen LogP contribution in [0, 0.1) is 0 Å². The second kappa shape index (κ2) is 8.89. The van der Waals surface area contributed by atoms with E-state index in [0.717, 1.165) is 0 Å². The van der Waals surface area contributed by atoms with E-state index in [4.69, 9.17) is 11.6 Å². The molecule has 0 aliphatic rings. The number of carbonyl (C=O) groups is 1. The summed E-state index contributed by atoms with van der Waals surface area (Å²) in [5.74, 6) is -0.302. The van der Waals surface area contributed by atoms with Gasteiger partial charge in [0.15, 0.2) is 0 Å². The minimum Gasteiger partial charge on any atom is -0.322 e. The van der Waals surface area contributed by atoms with Crippen molar-refractivity contribution in [2.75, 3.05) is 5.32 Å². The summed E-state index contributed by atoms with van der Waals surface area (Å²) >= 11 is 5.92. The number of sulfonamides is 1. The van der Waals surface area contributed by atoms with E-state index in [1.165, 1.54) is 12.1 Å². The molecule has 0 saturated carbocycles. The summed E-state index contributed by atoms with van der Waals surface area (Å²) in [5.41, 5.74) is 2.09. The fourth-order valence-electron chi connectivity index (χ4n) is 2.50. The standard InChI is InChI=1S/C21H18ClN3O3S/c1-15(24-25-29(27,28)20-11-3-2-4-12-20)16-7-6-10-19(14-16)23-21(26)17-8-5-9-18(22)13-17/h2-14,25H,1H3,(H,23,26). The third-order valence-electron chi connectivity index (χ3n) is 4.01. The lowest BCUT2D eigenvalue weighted by Crippen LogP contribution is -2.20. The molecule has 0 saturated heterocycles. The number of carbonyl (C=O) groups excluding carboxylic acids is 1. The molecule has 1 amide bonds. The number of hydrogen-bond donors (Lipinski definition) is 2. The Labute approximate surface area is 174 Å². The van der Waals surface area contributed by atoms with Gasteiger partial charge in [-0.1, -0.05) is 48.0 Å². The van der Waals surface area contributed by atoms with Gasteiger partial charge in [0.1, 0.15) is 0 Å². The molecule has 0 bridgehead atoms. The fourth-order valence-corrected chi connectivity index (χ4v) is 3.57. The van der Waals surface area contributed by atoms with Gasteiger partial charge in [0, 0.05) is 16.3 Å².